The van der Waals surface area contributed by atoms with Crippen LogP contribution in [0, 0.1) is 30.3 Å². The molecule has 0 radical (unpaired) electrons. The van der Waals surface area contributed by atoms with E-state index in [1.807, 2.05) is 0 Å². The third-order valence-electron chi connectivity index (χ3n) is 2.73. The zero-order valence-corrected chi connectivity index (χ0v) is 11.6. The molecule has 0 atom stereocenters. The van der Waals surface area contributed by atoms with Crippen LogP contribution in [0.5, 0.6) is 5.75 Å². The van der Waals surface area contributed by atoms with Crippen LogP contribution in [0.3, 0.4) is 0 Å². The van der Waals surface area contributed by atoms with Gasteiger partial charge in [-0.25, -0.2) is 9.78 Å². The Balaban J connectivity index is 2.46. The molecule has 0 spiro atoms. The number of nitro groups is 3. The Hall–Kier alpha value is -3.90. The van der Waals surface area contributed by atoms with E-state index >= 15 is 0 Å². The molecule has 13 heteroatoms. The summed E-state index contributed by atoms with van der Waals surface area (Å²) in [5.41, 5.74) is -2.99. The van der Waals surface area contributed by atoms with Crippen LogP contribution < -0.4 is 4.74 Å². The van der Waals surface area contributed by atoms with Gasteiger partial charge in [-0.05, 0) is 0 Å². The van der Waals surface area contributed by atoms with Crippen LogP contribution in [0.25, 0.3) is 0 Å². The Morgan fingerprint density at radius 1 is 1.08 bits per heavy atom. The van der Waals surface area contributed by atoms with Crippen molar-refractivity contribution in [1.82, 2.24) is 9.55 Å². The van der Waals surface area contributed by atoms with E-state index in [1.165, 1.54) is 23.3 Å². The van der Waals surface area contributed by atoms with Gasteiger partial charge in [-0.15, -0.1) is 0 Å². The summed E-state index contributed by atoms with van der Waals surface area (Å²) in [6.07, 6.45) is 4.03. The highest BCUT2D eigenvalue weighted by molar-refractivity contribution is 5.77. The third kappa shape index (κ3) is 3.46. The van der Waals surface area contributed by atoms with Crippen LogP contribution in [-0.2, 0) is 11.3 Å². The molecule has 1 aromatic heterocycles. The Bertz CT molecular complexity index is 796. The number of benzene rings is 1. The molecule has 2 aromatic rings. The van der Waals surface area contributed by atoms with Crippen molar-refractivity contribution in [2.24, 2.45) is 0 Å². The monoisotopic (exact) mass is 337 g/mol. The molecule has 0 bridgehead atoms. The van der Waals surface area contributed by atoms with Gasteiger partial charge in [0.05, 0.1) is 33.2 Å². The lowest BCUT2D eigenvalue weighted by Crippen LogP contribution is -2.17. The average Bonchev–Trinajstić information content (AvgIpc) is 2.99. The Morgan fingerprint density at radius 3 is 2.08 bits per heavy atom. The number of ether oxygens (including phenoxy) is 1. The van der Waals surface area contributed by atoms with Crippen LogP contribution in [0.15, 0.2) is 30.9 Å². The second-order valence-electron chi connectivity index (χ2n) is 4.29. The molecule has 24 heavy (non-hydrogen) atoms. The summed E-state index contributed by atoms with van der Waals surface area (Å²) in [6.45, 7) is -0.411. The first-order valence-corrected chi connectivity index (χ1v) is 6.07. The lowest BCUT2D eigenvalue weighted by Gasteiger charge is -2.06. The average molecular weight is 337 g/mol. The quantitative estimate of drug-likeness (QED) is 0.324. The van der Waals surface area contributed by atoms with Gasteiger partial charge >= 0.3 is 17.3 Å². The number of hydrogen-bond acceptors (Lipinski definition) is 9. The lowest BCUT2D eigenvalue weighted by atomic mass is 10.2. The van der Waals surface area contributed by atoms with Gasteiger partial charge in [0.25, 0.3) is 11.4 Å². The molecule has 0 N–H and O–H groups in total. The summed E-state index contributed by atoms with van der Waals surface area (Å²) in [5, 5.41) is 32.8. The van der Waals surface area contributed by atoms with Gasteiger partial charge < -0.3 is 9.30 Å². The molecule has 0 aliphatic heterocycles. The second-order valence-corrected chi connectivity index (χ2v) is 4.29. The van der Waals surface area contributed by atoms with E-state index in [9.17, 15) is 35.1 Å². The first-order valence-electron chi connectivity index (χ1n) is 6.07. The number of nitrogens with zero attached hydrogens (tertiary/aromatic N) is 5. The lowest BCUT2D eigenvalue weighted by molar-refractivity contribution is -0.404. The maximum Gasteiger partial charge on any atom is 0.331 e. The van der Waals surface area contributed by atoms with E-state index in [2.05, 4.69) is 4.98 Å². The fourth-order valence-electron chi connectivity index (χ4n) is 1.74. The van der Waals surface area contributed by atoms with Crippen LogP contribution in [0.4, 0.5) is 17.1 Å². The van der Waals surface area contributed by atoms with E-state index in [0.717, 1.165) is 0 Å². The first-order chi connectivity index (χ1) is 11.3. The zero-order valence-electron chi connectivity index (χ0n) is 11.6. The molecule has 13 nitrogen and oxygen atoms in total. The fourth-order valence-corrected chi connectivity index (χ4v) is 1.74. The van der Waals surface area contributed by atoms with Crippen LogP contribution in [-0.4, -0.2) is 30.3 Å². The highest BCUT2D eigenvalue weighted by Crippen LogP contribution is 2.40. The minimum atomic E-state index is -1.11. The summed E-state index contributed by atoms with van der Waals surface area (Å²) in [5.74, 6) is -2.02. The number of aromatic nitrogens is 2. The SMILES string of the molecule is O=C(Cn1ccnc1)Oc1c([N+](=O)[O-])cc([N+](=O)[O-])cc1[N+](=O)[O-]. The number of carbonyl (C=O) groups excluding carboxylic acids is 1. The number of non-ortho nitro benzene ring substituents is 1. The number of nitro benzene ring substituents is 3. The molecular weight excluding hydrogens is 330 g/mol. The van der Waals surface area contributed by atoms with Crippen molar-refractivity contribution in [1.29, 1.82) is 0 Å². The Morgan fingerprint density at radius 2 is 1.67 bits per heavy atom. The predicted molar refractivity (Wildman–Crippen MR) is 74.3 cm³/mol. The van der Waals surface area contributed by atoms with Crippen molar-refractivity contribution in [2.75, 3.05) is 0 Å². The minimum Gasteiger partial charge on any atom is -0.410 e. The normalized spacial score (nSPS) is 10.2. The van der Waals surface area contributed by atoms with E-state index in [-0.39, 0.29) is 0 Å². The Labute approximate surface area is 131 Å². The molecule has 0 saturated carbocycles. The van der Waals surface area contributed by atoms with Gasteiger partial charge in [0.2, 0.25) is 0 Å². The highest BCUT2D eigenvalue weighted by Gasteiger charge is 2.33. The molecule has 0 saturated heterocycles. The van der Waals surface area contributed by atoms with Gasteiger partial charge in [0, 0.05) is 12.4 Å². The Kier molecular flexibility index (Phi) is 4.44. The maximum absolute atomic E-state index is 11.8. The maximum atomic E-state index is 11.8. The summed E-state index contributed by atoms with van der Waals surface area (Å²) >= 11 is 0. The molecule has 0 aliphatic carbocycles. The number of hydrogen-bond donors (Lipinski definition) is 0. The molecule has 2 rings (SSSR count). The van der Waals surface area contributed by atoms with Crippen molar-refractivity contribution in [2.45, 2.75) is 6.54 Å². The number of imidazole rings is 1. The summed E-state index contributed by atoms with van der Waals surface area (Å²) in [6, 6.07) is 0.958. The standard InChI is InChI=1S/C11H7N5O8/c17-10(5-13-2-1-12-6-13)24-11-8(15(20)21)3-7(14(18)19)4-9(11)16(22)23/h1-4,6H,5H2. The second kappa shape index (κ2) is 6.47. The molecule has 0 fully saturated rings. The van der Waals surface area contributed by atoms with Gasteiger partial charge in [-0.2, -0.15) is 0 Å². The topological polar surface area (TPSA) is 174 Å². The van der Waals surface area contributed by atoms with Gasteiger partial charge in [-0.3, -0.25) is 30.3 Å². The predicted octanol–water partition coefficient (Wildman–Crippen LogP) is 1.21. The molecule has 0 aliphatic rings. The molecule has 124 valence electrons. The number of rotatable bonds is 6. The largest absolute Gasteiger partial charge is 0.410 e. The molecule has 0 amide bonds. The summed E-state index contributed by atoms with van der Waals surface area (Å²) in [4.78, 5) is 45.0. The van der Waals surface area contributed by atoms with Gasteiger partial charge in [0.1, 0.15) is 6.54 Å². The van der Waals surface area contributed by atoms with Crippen molar-refractivity contribution < 1.29 is 24.3 Å². The van der Waals surface area contributed by atoms with Gasteiger partial charge in [-0.1, -0.05) is 0 Å². The van der Waals surface area contributed by atoms with Crippen molar-refractivity contribution >= 4 is 23.0 Å². The fraction of sp³-hybridized carbons (Fsp3) is 0.0909. The van der Waals surface area contributed by atoms with E-state index < -0.39 is 50.1 Å². The van der Waals surface area contributed by atoms with Crippen molar-refractivity contribution in [3.8, 4) is 5.75 Å². The van der Waals surface area contributed by atoms with E-state index in [0.29, 0.717) is 12.1 Å². The smallest absolute Gasteiger partial charge is 0.331 e. The third-order valence-corrected chi connectivity index (χ3v) is 2.73. The summed E-state index contributed by atoms with van der Waals surface area (Å²) < 4.78 is 5.98. The summed E-state index contributed by atoms with van der Waals surface area (Å²) in [7, 11) is 0. The van der Waals surface area contributed by atoms with Crippen molar-refractivity contribution in [3.05, 3.63) is 61.2 Å². The minimum absolute atomic E-state index is 0.411. The zero-order chi connectivity index (χ0) is 17.9. The molecule has 0 unspecified atom stereocenters. The van der Waals surface area contributed by atoms with Crippen molar-refractivity contribution in [3.63, 3.8) is 0 Å². The number of esters is 1. The molecular formula is C11H7N5O8. The first kappa shape index (κ1) is 16.5. The van der Waals surface area contributed by atoms with Crippen LogP contribution in [0.2, 0.25) is 0 Å². The van der Waals surface area contributed by atoms with Crippen LogP contribution in [0.1, 0.15) is 0 Å². The van der Waals surface area contributed by atoms with E-state index in [4.69, 9.17) is 4.74 Å². The van der Waals surface area contributed by atoms with Gasteiger partial charge in [0.15, 0.2) is 0 Å². The van der Waals surface area contributed by atoms with Crippen LogP contribution >= 0.6 is 0 Å². The highest BCUT2D eigenvalue weighted by atomic mass is 16.6. The molecule has 1 aromatic carbocycles. The molecule has 1 heterocycles. The van der Waals surface area contributed by atoms with E-state index in [1.54, 1.807) is 0 Å². The number of carbonyl (C=O) groups is 1.